The van der Waals surface area contributed by atoms with Crippen LogP contribution in [0, 0.1) is 0 Å². The summed E-state index contributed by atoms with van der Waals surface area (Å²) in [5.41, 5.74) is 3.17. The van der Waals surface area contributed by atoms with Crippen molar-refractivity contribution in [2.24, 2.45) is 0 Å². The van der Waals surface area contributed by atoms with Crippen LogP contribution in [0.4, 0.5) is 10.5 Å². The van der Waals surface area contributed by atoms with Gasteiger partial charge in [0, 0.05) is 55.6 Å². The van der Waals surface area contributed by atoms with E-state index in [1.54, 1.807) is 11.0 Å². The predicted octanol–water partition coefficient (Wildman–Crippen LogP) is 3.98. The normalized spacial score (nSPS) is 20.9. The number of hydrogen-bond donors (Lipinski definition) is 2. The number of amides is 5. The van der Waals surface area contributed by atoms with E-state index in [1.807, 2.05) is 29.2 Å². The van der Waals surface area contributed by atoms with Crippen LogP contribution < -0.4 is 15.5 Å². The number of carbonyl (C=O) groups excluding carboxylic acids is 4. The van der Waals surface area contributed by atoms with E-state index >= 15 is 0 Å². The first-order valence-corrected chi connectivity index (χ1v) is 17.3. The minimum atomic E-state index is -0.379. The fraction of sp³-hybridized carbons (Fsp3) is 0.543. The molecule has 47 heavy (non-hydrogen) atoms. The topological polar surface area (TPSA) is 133 Å². The van der Waals surface area contributed by atoms with Gasteiger partial charge in [0.15, 0.2) is 5.69 Å². The molecule has 5 heterocycles. The van der Waals surface area contributed by atoms with Gasteiger partial charge in [0.05, 0.1) is 23.4 Å². The molecular formula is C35H44N8O4. The van der Waals surface area contributed by atoms with Crippen LogP contribution in [-0.2, 0) is 9.59 Å². The average Bonchev–Trinajstić information content (AvgIpc) is 3.54. The number of benzene rings is 1. The molecule has 0 bridgehead atoms. The first-order valence-electron chi connectivity index (χ1n) is 17.3. The van der Waals surface area contributed by atoms with E-state index in [-0.39, 0.29) is 48.2 Å². The maximum absolute atomic E-state index is 13.3. The van der Waals surface area contributed by atoms with Crippen LogP contribution in [0.1, 0.15) is 92.4 Å². The van der Waals surface area contributed by atoms with Crippen molar-refractivity contribution in [3.63, 3.8) is 0 Å². The Morgan fingerprint density at radius 3 is 2.36 bits per heavy atom. The molecule has 3 aromatic rings. The lowest BCUT2D eigenvalue weighted by molar-refractivity contribution is -0.134. The number of likely N-dealkylation sites (tertiary alicyclic amines) is 2. The van der Waals surface area contributed by atoms with Gasteiger partial charge in [0.25, 0.3) is 5.91 Å². The summed E-state index contributed by atoms with van der Waals surface area (Å²) in [6, 6.07) is 11.9. The molecule has 4 fully saturated rings. The lowest BCUT2D eigenvalue weighted by atomic mass is 9.93. The van der Waals surface area contributed by atoms with Gasteiger partial charge in [-0.15, -0.1) is 5.10 Å². The van der Waals surface area contributed by atoms with E-state index in [0.717, 1.165) is 73.9 Å². The molecule has 7 rings (SSSR count). The Kier molecular flexibility index (Phi) is 9.19. The predicted molar refractivity (Wildman–Crippen MR) is 177 cm³/mol. The highest BCUT2D eigenvalue weighted by molar-refractivity contribution is 6.09. The molecule has 12 heteroatoms. The number of imide groups is 1. The Balaban J connectivity index is 0.878. The maximum Gasteiger partial charge on any atom is 0.328 e. The van der Waals surface area contributed by atoms with E-state index < -0.39 is 0 Å². The summed E-state index contributed by atoms with van der Waals surface area (Å²) in [4.78, 5) is 55.9. The highest BCUT2D eigenvalue weighted by Gasteiger charge is 2.30. The molecule has 3 saturated heterocycles. The molecule has 3 aliphatic heterocycles. The van der Waals surface area contributed by atoms with E-state index in [9.17, 15) is 19.2 Å². The molecule has 248 valence electrons. The van der Waals surface area contributed by atoms with Gasteiger partial charge in [0.1, 0.15) is 0 Å². The number of aromatic nitrogens is 3. The summed E-state index contributed by atoms with van der Waals surface area (Å²) in [6.45, 7) is 3.89. The molecular weight excluding hydrogens is 596 g/mol. The van der Waals surface area contributed by atoms with Gasteiger partial charge in [-0.25, -0.2) is 4.79 Å². The second kappa shape index (κ2) is 13.8. The van der Waals surface area contributed by atoms with Crippen LogP contribution in [0.3, 0.4) is 0 Å². The van der Waals surface area contributed by atoms with Crippen molar-refractivity contribution in [1.29, 1.82) is 0 Å². The van der Waals surface area contributed by atoms with E-state index in [1.165, 1.54) is 19.3 Å². The quantitative estimate of drug-likeness (QED) is 0.399. The van der Waals surface area contributed by atoms with Crippen molar-refractivity contribution in [2.75, 3.05) is 44.2 Å². The van der Waals surface area contributed by atoms with Crippen molar-refractivity contribution in [1.82, 2.24) is 35.2 Å². The largest absolute Gasteiger partial charge is 0.348 e. The third-order valence-corrected chi connectivity index (χ3v) is 10.5. The molecule has 4 aliphatic rings. The summed E-state index contributed by atoms with van der Waals surface area (Å²) in [5.74, 6) is 0.0889. The second-order valence-electron chi connectivity index (χ2n) is 13.5. The number of anilines is 1. The SMILES string of the molecule is O=C1CCN(c2cccc3c2ccn3C2CCN(C(=O)CN3CCC(c4ccc(C(=O)NC5CCCCC5)nn4)CC3)CC2)C(=O)N1. The van der Waals surface area contributed by atoms with Gasteiger partial charge in [-0.3, -0.25) is 29.5 Å². The fourth-order valence-electron chi connectivity index (χ4n) is 7.78. The van der Waals surface area contributed by atoms with Crippen molar-refractivity contribution in [3.05, 3.63) is 54.0 Å². The highest BCUT2D eigenvalue weighted by atomic mass is 16.2. The summed E-state index contributed by atoms with van der Waals surface area (Å²) in [7, 11) is 0. The summed E-state index contributed by atoms with van der Waals surface area (Å²) in [6.07, 6.45) is 11.6. The minimum absolute atomic E-state index is 0.132. The van der Waals surface area contributed by atoms with E-state index in [2.05, 4.69) is 42.6 Å². The summed E-state index contributed by atoms with van der Waals surface area (Å²) < 4.78 is 2.27. The molecule has 0 unspecified atom stereocenters. The Labute approximate surface area is 274 Å². The average molecular weight is 641 g/mol. The van der Waals surface area contributed by atoms with Gasteiger partial charge in [-0.05, 0) is 81.9 Å². The molecule has 0 spiro atoms. The van der Waals surface area contributed by atoms with Gasteiger partial charge in [-0.1, -0.05) is 25.3 Å². The van der Waals surface area contributed by atoms with Crippen LogP contribution in [0.5, 0.6) is 0 Å². The van der Waals surface area contributed by atoms with Crippen molar-refractivity contribution in [2.45, 2.75) is 82.2 Å². The lowest BCUT2D eigenvalue weighted by Gasteiger charge is -2.36. The highest BCUT2D eigenvalue weighted by Crippen LogP contribution is 2.34. The minimum Gasteiger partial charge on any atom is -0.348 e. The zero-order chi connectivity index (χ0) is 32.3. The number of carbonyl (C=O) groups is 4. The molecule has 2 aromatic heterocycles. The van der Waals surface area contributed by atoms with Crippen molar-refractivity contribution in [3.8, 4) is 0 Å². The summed E-state index contributed by atoms with van der Waals surface area (Å²) in [5, 5.41) is 15.2. The number of nitrogens with one attached hydrogen (secondary N) is 2. The monoisotopic (exact) mass is 640 g/mol. The Hall–Kier alpha value is -4.32. The molecule has 1 saturated carbocycles. The third-order valence-electron chi connectivity index (χ3n) is 10.5. The van der Waals surface area contributed by atoms with Crippen molar-refractivity contribution < 1.29 is 19.2 Å². The zero-order valence-corrected chi connectivity index (χ0v) is 26.9. The van der Waals surface area contributed by atoms with E-state index in [0.29, 0.717) is 31.9 Å². The Morgan fingerprint density at radius 2 is 1.64 bits per heavy atom. The number of piperidine rings is 2. The van der Waals surface area contributed by atoms with Crippen molar-refractivity contribution >= 4 is 40.3 Å². The first kappa shape index (κ1) is 31.3. The zero-order valence-electron chi connectivity index (χ0n) is 26.9. The number of rotatable bonds is 7. The standard InChI is InChI=1S/C35H44N8O4/c44-32-16-22-43(35(47)37-32)31-8-4-7-30-27(31)15-21-42(30)26-13-19-41(20-14-26)33(45)23-40-17-11-24(12-18-40)28-9-10-29(39-38-28)34(46)36-25-5-2-1-3-6-25/h4,7-10,15,21,24-26H,1-3,5-6,11-14,16-20,22-23H2,(H,36,46)(H,37,44,47). The van der Waals surface area contributed by atoms with E-state index in [4.69, 9.17) is 0 Å². The van der Waals surface area contributed by atoms with Crippen LogP contribution in [-0.4, -0.2) is 93.6 Å². The lowest BCUT2D eigenvalue weighted by Crippen LogP contribution is -2.49. The second-order valence-corrected chi connectivity index (χ2v) is 13.5. The Morgan fingerprint density at radius 1 is 0.851 bits per heavy atom. The molecule has 1 aliphatic carbocycles. The molecule has 2 N–H and O–H groups in total. The molecule has 0 atom stereocenters. The molecule has 0 radical (unpaired) electrons. The van der Waals surface area contributed by atoms with Crippen LogP contribution in [0.2, 0.25) is 0 Å². The molecule has 12 nitrogen and oxygen atoms in total. The number of urea groups is 1. The van der Waals surface area contributed by atoms with Crippen LogP contribution >= 0.6 is 0 Å². The van der Waals surface area contributed by atoms with Gasteiger partial charge >= 0.3 is 6.03 Å². The number of hydrogen-bond acceptors (Lipinski definition) is 7. The first-order chi connectivity index (χ1) is 22.9. The third kappa shape index (κ3) is 6.88. The molecule has 5 amide bonds. The van der Waals surface area contributed by atoms with Gasteiger partial charge in [0.2, 0.25) is 11.8 Å². The van der Waals surface area contributed by atoms with Gasteiger partial charge in [-0.2, -0.15) is 5.10 Å². The van der Waals surface area contributed by atoms with Gasteiger partial charge < -0.3 is 14.8 Å². The smallest absolute Gasteiger partial charge is 0.328 e. The summed E-state index contributed by atoms with van der Waals surface area (Å²) >= 11 is 0. The number of nitrogens with zero attached hydrogens (tertiary/aromatic N) is 6. The molecule has 1 aromatic carbocycles. The Bertz CT molecular complexity index is 1620. The van der Waals surface area contributed by atoms with Crippen LogP contribution in [0.25, 0.3) is 10.9 Å². The fourth-order valence-corrected chi connectivity index (χ4v) is 7.78. The van der Waals surface area contributed by atoms with Crippen LogP contribution in [0.15, 0.2) is 42.6 Å². The maximum atomic E-state index is 13.3. The number of fused-ring (bicyclic) bond motifs is 1.